The Kier molecular flexibility index (Phi) is 7.36. The number of carbonyl (C=O) groups is 1. The third kappa shape index (κ3) is 4.86. The van der Waals surface area contributed by atoms with E-state index in [0.717, 1.165) is 34.6 Å². The minimum absolute atomic E-state index is 0.392. The van der Waals surface area contributed by atoms with E-state index in [1.165, 1.54) is 50.5 Å². The van der Waals surface area contributed by atoms with Crippen molar-refractivity contribution in [3.8, 4) is 28.0 Å². The molecule has 4 aromatic carbocycles. The summed E-state index contributed by atoms with van der Waals surface area (Å²) in [6, 6.07) is 20.2. The average Bonchev–Trinajstić information content (AvgIpc) is 2.85. The largest absolute Gasteiger partial charge is 0.491 e. The fraction of sp³-hybridized carbons (Fsp3) is 0.233. The highest BCUT2D eigenvalue weighted by molar-refractivity contribution is 6.04. The first-order valence-corrected chi connectivity index (χ1v) is 11.7. The zero-order chi connectivity index (χ0) is 24.1. The molecule has 4 aromatic rings. The lowest BCUT2D eigenvalue weighted by Crippen LogP contribution is -1.94. The predicted molar refractivity (Wildman–Crippen MR) is 135 cm³/mol. The van der Waals surface area contributed by atoms with Gasteiger partial charge in [-0.15, -0.1) is 0 Å². The van der Waals surface area contributed by atoms with Crippen LogP contribution in [0.1, 0.15) is 48.5 Å². The zero-order valence-electron chi connectivity index (χ0n) is 19.5. The fourth-order valence-electron chi connectivity index (χ4n) is 4.46. The quantitative estimate of drug-likeness (QED) is 0.186. The lowest BCUT2D eigenvalue weighted by atomic mass is 9.92. The number of aryl methyl sites for hydroxylation is 1. The van der Waals surface area contributed by atoms with Crippen LogP contribution in [-0.2, 0) is 6.42 Å². The Bertz CT molecular complexity index is 1290. The number of halogens is 2. The molecular weight excluding hydrogens is 430 g/mol. The molecular formula is C30H28F2O2. The second kappa shape index (κ2) is 10.6. The molecule has 0 aromatic heterocycles. The molecule has 0 amide bonds. The Morgan fingerprint density at radius 3 is 2.15 bits per heavy atom. The van der Waals surface area contributed by atoms with Crippen LogP contribution in [0.25, 0.3) is 33.0 Å². The minimum atomic E-state index is -0.746. The monoisotopic (exact) mass is 458 g/mol. The molecule has 0 N–H and O–H groups in total. The van der Waals surface area contributed by atoms with Crippen LogP contribution in [0.2, 0.25) is 0 Å². The maximum atomic E-state index is 14.1. The van der Waals surface area contributed by atoms with Crippen molar-refractivity contribution >= 4 is 17.1 Å². The smallest absolute Gasteiger partial charge is 0.190 e. The van der Waals surface area contributed by atoms with Crippen molar-refractivity contribution in [2.75, 3.05) is 7.11 Å². The predicted octanol–water partition coefficient (Wildman–Crippen LogP) is 8.40. The fourth-order valence-corrected chi connectivity index (χ4v) is 4.46. The van der Waals surface area contributed by atoms with Crippen LogP contribution < -0.4 is 4.74 Å². The van der Waals surface area contributed by atoms with Gasteiger partial charge in [-0.2, -0.15) is 0 Å². The molecule has 4 heteroatoms. The van der Waals surface area contributed by atoms with Crippen molar-refractivity contribution < 1.29 is 18.3 Å². The first-order valence-electron chi connectivity index (χ1n) is 11.7. The van der Waals surface area contributed by atoms with E-state index in [4.69, 9.17) is 4.74 Å². The SMILES string of the molecule is CCCCCCc1ccc2c(C=O)c(-c3ccc(-c4cc(F)c(OC)c(F)c4)cc3)ccc2c1. The van der Waals surface area contributed by atoms with Gasteiger partial charge in [0.05, 0.1) is 7.11 Å². The van der Waals surface area contributed by atoms with Crippen molar-refractivity contribution in [1.29, 1.82) is 0 Å². The van der Waals surface area contributed by atoms with E-state index in [2.05, 4.69) is 25.1 Å². The van der Waals surface area contributed by atoms with E-state index < -0.39 is 17.4 Å². The lowest BCUT2D eigenvalue weighted by Gasteiger charge is -2.12. The summed E-state index contributed by atoms with van der Waals surface area (Å²) >= 11 is 0. The molecule has 0 heterocycles. The molecule has 0 saturated carbocycles. The van der Waals surface area contributed by atoms with Crippen LogP contribution in [-0.4, -0.2) is 13.4 Å². The van der Waals surface area contributed by atoms with E-state index in [-0.39, 0.29) is 0 Å². The molecule has 0 saturated heterocycles. The normalized spacial score (nSPS) is 11.1. The second-order valence-corrected chi connectivity index (χ2v) is 8.56. The zero-order valence-corrected chi connectivity index (χ0v) is 19.5. The first kappa shape index (κ1) is 23.6. The van der Waals surface area contributed by atoms with E-state index in [9.17, 15) is 13.6 Å². The minimum Gasteiger partial charge on any atom is -0.491 e. The van der Waals surface area contributed by atoms with E-state index in [0.29, 0.717) is 16.7 Å². The number of benzene rings is 4. The summed E-state index contributed by atoms with van der Waals surface area (Å²) < 4.78 is 33.0. The molecule has 0 aliphatic carbocycles. The summed E-state index contributed by atoms with van der Waals surface area (Å²) in [4.78, 5) is 12.1. The molecule has 0 unspecified atom stereocenters. The van der Waals surface area contributed by atoms with Crippen molar-refractivity contribution in [3.05, 3.63) is 89.5 Å². The molecule has 0 aliphatic heterocycles. The van der Waals surface area contributed by atoms with Crippen LogP contribution in [0, 0.1) is 11.6 Å². The Labute approximate surface area is 199 Å². The summed E-state index contributed by atoms with van der Waals surface area (Å²) in [7, 11) is 1.23. The summed E-state index contributed by atoms with van der Waals surface area (Å²) in [6.07, 6.45) is 6.83. The van der Waals surface area contributed by atoms with Crippen LogP contribution >= 0.6 is 0 Å². The van der Waals surface area contributed by atoms with Gasteiger partial charge in [0.15, 0.2) is 23.7 Å². The molecule has 0 atom stereocenters. The Morgan fingerprint density at radius 1 is 0.794 bits per heavy atom. The van der Waals surface area contributed by atoms with Gasteiger partial charge in [-0.25, -0.2) is 8.78 Å². The molecule has 0 aliphatic rings. The number of aldehydes is 1. The highest BCUT2D eigenvalue weighted by Crippen LogP contribution is 2.33. The Hall–Kier alpha value is -3.53. The highest BCUT2D eigenvalue weighted by atomic mass is 19.1. The van der Waals surface area contributed by atoms with Gasteiger partial charge in [-0.05, 0) is 63.6 Å². The number of methoxy groups -OCH3 is 1. The van der Waals surface area contributed by atoms with Crippen LogP contribution in [0.5, 0.6) is 5.75 Å². The topological polar surface area (TPSA) is 26.3 Å². The number of ether oxygens (including phenoxy) is 1. The average molecular weight is 459 g/mol. The Balaban J connectivity index is 1.63. The molecule has 34 heavy (non-hydrogen) atoms. The molecule has 4 rings (SSSR count). The van der Waals surface area contributed by atoms with Gasteiger partial charge in [0.2, 0.25) is 0 Å². The summed E-state index contributed by atoms with van der Waals surface area (Å²) in [5, 5.41) is 1.98. The number of rotatable bonds is 9. The molecule has 0 bridgehead atoms. The number of hydrogen-bond donors (Lipinski definition) is 0. The van der Waals surface area contributed by atoms with Gasteiger partial charge < -0.3 is 4.74 Å². The highest BCUT2D eigenvalue weighted by Gasteiger charge is 2.14. The van der Waals surface area contributed by atoms with Crippen molar-refractivity contribution in [2.45, 2.75) is 39.0 Å². The number of hydrogen-bond acceptors (Lipinski definition) is 2. The second-order valence-electron chi connectivity index (χ2n) is 8.56. The van der Waals surface area contributed by atoms with Crippen molar-refractivity contribution in [1.82, 2.24) is 0 Å². The third-order valence-electron chi connectivity index (χ3n) is 6.29. The van der Waals surface area contributed by atoms with Crippen LogP contribution in [0.15, 0.2) is 66.7 Å². The molecule has 2 nitrogen and oxygen atoms in total. The molecule has 0 radical (unpaired) electrons. The van der Waals surface area contributed by atoms with Crippen LogP contribution in [0.4, 0.5) is 8.78 Å². The molecule has 0 spiro atoms. The van der Waals surface area contributed by atoms with Gasteiger partial charge in [0.25, 0.3) is 0 Å². The van der Waals surface area contributed by atoms with Gasteiger partial charge >= 0.3 is 0 Å². The van der Waals surface area contributed by atoms with Crippen LogP contribution in [0.3, 0.4) is 0 Å². The van der Waals surface area contributed by atoms with Gasteiger partial charge in [-0.1, -0.05) is 80.8 Å². The summed E-state index contributed by atoms with van der Waals surface area (Å²) in [5.41, 5.74) is 4.72. The van der Waals surface area contributed by atoms with Gasteiger partial charge in [-0.3, -0.25) is 4.79 Å². The van der Waals surface area contributed by atoms with Gasteiger partial charge in [0.1, 0.15) is 0 Å². The van der Waals surface area contributed by atoms with E-state index in [1.807, 2.05) is 24.3 Å². The first-order chi connectivity index (χ1) is 16.5. The number of fused-ring (bicyclic) bond motifs is 1. The lowest BCUT2D eigenvalue weighted by molar-refractivity contribution is 0.112. The summed E-state index contributed by atoms with van der Waals surface area (Å²) in [5.74, 6) is -1.88. The van der Waals surface area contributed by atoms with Gasteiger partial charge in [0, 0.05) is 5.56 Å². The van der Waals surface area contributed by atoms with Crippen molar-refractivity contribution in [3.63, 3.8) is 0 Å². The molecule has 174 valence electrons. The maximum Gasteiger partial charge on any atom is 0.190 e. The van der Waals surface area contributed by atoms with Crippen molar-refractivity contribution in [2.24, 2.45) is 0 Å². The third-order valence-corrected chi connectivity index (χ3v) is 6.29. The standard InChI is InChI=1S/C30H28F2O2/c1-3-4-5-6-7-20-8-14-26-23(16-20)13-15-25(27(26)19-33)22-11-9-21(10-12-22)24-17-28(31)30(34-2)29(32)18-24/h8-19H,3-7H2,1-2H3. The van der Waals surface area contributed by atoms with E-state index in [1.54, 1.807) is 12.1 Å². The number of carbonyl (C=O) groups excluding carboxylic acids is 1. The summed E-state index contributed by atoms with van der Waals surface area (Å²) in [6.45, 7) is 2.21. The van der Waals surface area contributed by atoms with E-state index >= 15 is 0 Å². The maximum absolute atomic E-state index is 14.1. The Morgan fingerprint density at radius 2 is 1.50 bits per heavy atom. The molecule has 0 fully saturated rings. The number of unbranched alkanes of at least 4 members (excludes halogenated alkanes) is 3.